The highest BCUT2D eigenvalue weighted by Gasteiger charge is 2.25. The zero-order valence-corrected chi connectivity index (χ0v) is 11.1. The number of benzene rings is 1. The van der Waals surface area contributed by atoms with E-state index in [0.29, 0.717) is 5.41 Å². The van der Waals surface area contributed by atoms with Crippen LogP contribution >= 0.6 is 0 Å². The molecular weight excluding hydrogens is 210 g/mol. The molecule has 2 nitrogen and oxygen atoms in total. The Morgan fingerprint density at radius 3 is 2.76 bits per heavy atom. The van der Waals surface area contributed by atoms with Crippen molar-refractivity contribution in [2.75, 3.05) is 13.7 Å². The maximum absolute atomic E-state index is 5.26. The Bertz CT molecular complexity index is 369. The molecule has 0 spiro atoms. The SMILES string of the molecule is COc1cccc(CC(C)(C)CNC2CC2)c1. The molecule has 94 valence electrons. The van der Waals surface area contributed by atoms with E-state index in [9.17, 15) is 0 Å². The summed E-state index contributed by atoms with van der Waals surface area (Å²) in [6.07, 6.45) is 3.80. The molecule has 0 atom stereocenters. The summed E-state index contributed by atoms with van der Waals surface area (Å²) < 4.78 is 5.26. The maximum atomic E-state index is 5.26. The molecule has 1 aliphatic carbocycles. The lowest BCUT2D eigenvalue weighted by Crippen LogP contribution is -2.32. The summed E-state index contributed by atoms with van der Waals surface area (Å²) in [4.78, 5) is 0. The van der Waals surface area contributed by atoms with Crippen molar-refractivity contribution in [1.82, 2.24) is 5.32 Å². The van der Waals surface area contributed by atoms with Gasteiger partial charge in [-0.1, -0.05) is 26.0 Å². The van der Waals surface area contributed by atoms with Gasteiger partial charge < -0.3 is 10.1 Å². The van der Waals surface area contributed by atoms with Crippen molar-refractivity contribution in [3.8, 4) is 5.75 Å². The highest BCUT2D eigenvalue weighted by Crippen LogP contribution is 2.26. The van der Waals surface area contributed by atoms with Crippen molar-refractivity contribution in [3.63, 3.8) is 0 Å². The topological polar surface area (TPSA) is 21.3 Å². The Morgan fingerprint density at radius 1 is 1.35 bits per heavy atom. The van der Waals surface area contributed by atoms with Crippen molar-refractivity contribution < 1.29 is 4.74 Å². The maximum Gasteiger partial charge on any atom is 0.119 e. The van der Waals surface area contributed by atoms with Crippen molar-refractivity contribution in [2.24, 2.45) is 5.41 Å². The molecule has 0 bridgehead atoms. The van der Waals surface area contributed by atoms with Crippen LogP contribution in [0.15, 0.2) is 24.3 Å². The van der Waals surface area contributed by atoms with E-state index in [1.165, 1.54) is 18.4 Å². The quantitative estimate of drug-likeness (QED) is 0.815. The summed E-state index contributed by atoms with van der Waals surface area (Å²) in [5.41, 5.74) is 1.65. The minimum absolute atomic E-state index is 0.301. The molecule has 1 aromatic carbocycles. The van der Waals surface area contributed by atoms with Gasteiger partial charge in [0, 0.05) is 12.6 Å². The molecule has 1 N–H and O–H groups in total. The van der Waals surface area contributed by atoms with Crippen LogP contribution in [-0.2, 0) is 6.42 Å². The van der Waals surface area contributed by atoms with Crippen LogP contribution in [0.25, 0.3) is 0 Å². The Morgan fingerprint density at radius 2 is 2.12 bits per heavy atom. The van der Waals surface area contributed by atoms with Gasteiger partial charge in [0.1, 0.15) is 5.75 Å². The normalized spacial score (nSPS) is 15.9. The molecule has 2 rings (SSSR count). The third-order valence-corrected chi connectivity index (χ3v) is 3.26. The lowest BCUT2D eigenvalue weighted by molar-refractivity contribution is 0.336. The van der Waals surface area contributed by atoms with Gasteiger partial charge in [0.15, 0.2) is 0 Å². The summed E-state index contributed by atoms with van der Waals surface area (Å²) in [5, 5.41) is 3.61. The van der Waals surface area contributed by atoms with E-state index in [-0.39, 0.29) is 0 Å². The van der Waals surface area contributed by atoms with E-state index in [1.807, 2.05) is 6.07 Å². The van der Waals surface area contributed by atoms with Crippen LogP contribution < -0.4 is 10.1 Å². The van der Waals surface area contributed by atoms with Crippen molar-refractivity contribution in [3.05, 3.63) is 29.8 Å². The molecule has 1 aromatic rings. The Kier molecular flexibility index (Phi) is 3.72. The Balaban J connectivity index is 1.92. The molecule has 0 aromatic heterocycles. The van der Waals surface area contributed by atoms with Crippen LogP contribution in [0.3, 0.4) is 0 Å². The summed E-state index contributed by atoms with van der Waals surface area (Å²) in [7, 11) is 1.72. The third kappa shape index (κ3) is 4.04. The van der Waals surface area contributed by atoms with Crippen molar-refractivity contribution in [2.45, 2.75) is 39.2 Å². The summed E-state index contributed by atoms with van der Waals surface area (Å²) >= 11 is 0. The summed E-state index contributed by atoms with van der Waals surface area (Å²) in [6, 6.07) is 9.18. The van der Waals surface area contributed by atoms with Gasteiger partial charge in [-0.2, -0.15) is 0 Å². The molecule has 0 radical (unpaired) electrons. The lowest BCUT2D eigenvalue weighted by atomic mass is 9.85. The average Bonchev–Trinajstić information content (AvgIpc) is 3.10. The minimum atomic E-state index is 0.301. The number of nitrogens with one attached hydrogen (secondary N) is 1. The first-order valence-corrected chi connectivity index (χ1v) is 6.45. The minimum Gasteiger partial charge on any atom is -0.497 e. The van der Waals surface area contributed by atoms with Gasteiger partial charge in [-0.05, 0) is 42.4 Å². The third-order valence-electron chi connectivity index (χ3n) is 3.26. The highest BCUT2D eigenvalue weighted by atomic mass is 16.5. The van der Waals surface area contributed by atoms with E-state index in [2.05, 4.69) is 37.4 Å². The molecule has 1 saturated carbocycles. The van der Waals surface area contributed by atoms with Gasteiger partial charge in [-0.15, -0.1) is 0 Å². The Hall–Kier alpha value is -1.02. The predicted octanol–water partition coefficient (Wildman–Crippen LogP) is 3.02. The number of ether oxygens (including phenoxy) is 1. The molecule has 0 aliphatic heterocycles. The van der Waals surface area contributed by atoms with Gasteiger partial charge in [-0.3, -0.25) is 0 Å². The van der Waals surface area contributed by atoms with Crippen LogP contribution in [-0.4, -0.2) is 19.7 Å². The first-order chi connectivity index (χ1) is 8.09. The van der Waals surface area contributed by atoms with Gasteiger partial charge in [-0.25, -0.2) is 0 Å². The van der Waals surface area contributed by atoms with Gasteiger partial charge in [0.05, 0.1) is 7.11 Å². The van der Waals surface area contributed by atoms with Gasteiger partial charge in [0.25, 0.3) is 0 Å². The molecule has 1 fully saturated rings. The van der Waals surface area contributed by atoms with E-state index >= 15 is 0 Å². The van der Waals surface area contributed by atoms with Crippen LogP contribution in [0, 0.1) is 5.41 Å². The van der Waals surface area contributed by atoms with Gasteiger partial charge in [0.2, 0.25) is 0 Å². The second-order valence-corrected chi connectivity index (χ2v) is 5.85. The van der Waals surface area contributed by atoms with Crippen LogP contribution in [0.2, 0.25) is 0 Å². The van der Waals surface area contributed by atoms with E-state index < -0.39 is 0 Å². The van der Waals surface area contributed by atoms with Crippen LogP contribution in [0.5, 0.6) is 5.75 Å². The largest absolute Gasteiger partial charge is 0.497 e. The first kappa shape index (κ1) is 12.4. The second kappa shape index (κ2) is 5.09. The first-order valence-electron chi connectivity index (χ1n) is 6.45. The zero-order valence-electron chi connectivity index (χ0n) is 11.1. The molecule has 1 aliphatic rings. The summed E-state index contributed by atoms with van der Waals surface area (Å²) in [5.74, 6) is 0.952. The number of rotatable bonds is 6. The fraction of sp³-hybridized carbons (Fsp3) is 0.600. The lowest BCUT2D eigenvalue weighted by Gasteiger charge is -2.25. The molecular formula is C15H23NO. The molecule has 0 saturated heterocycles. The second-order valence-electron chi connectivity index (χ2n) is 5.85. The molecule has 2 heteroatoms. The summed E-state index contributed by atoms with van der Waals surface area (Å²) in [6.45, 7) is 5.73. The zero-order chi connectivity index (χ0) is 12.3. The van der Waals surface area contributed by atoms with E-state index in [4.69, 9.17) is 4.74 Å². The monoisotopic (exact) mass is 233 g/mol. The smallest absolute Gasteiger partial charge is 0.119 e. The predicted molar refractivity (Wildman–Crippen MR) is 71.5 cm³/mol. The fourth-order valence-electron chi connectivity index (χ4n) is 2.11. The number of hydrogen-bond acceptors (Lipinski definition) is 2. The number of methoxy groups -OCH3 is 1. The molecule has 17 heavy (non-hydrogen) atoms. The van der Waals surface area contributed by atoms with Crippen molar-refractivity contribution >= 4 is 0 Å². The van der Waals surface area contributed by atoms with Gasteiger partial charge >= 0.3 is 0 Å². The van der Waals surface area contributed by atoms with E-state index in [0.717, 1.165) is 24.8 Å². The van der Waals surface area contributed by atoms with Crippen LogP contribution in [0.1, 0.15) is 32.3 Å². The standard InChI is InChI=1S/C15H23NO/c1-15(2,11-16-13-7-8-13)10-12-5-4-6-14(9-12)17-3/h4-6,9,13,16H,7-8,10-11H2,1-3H3. The number of hydrogen-bond donors (Lipinski definition) is 1. The molecule has 0 heterocycles. The van der Waals surface area contributed by atoms with Crippen molar-refractivity contribution in [1.29, 1.82) is 0 Å². The highest BCUT2D eigenvalue weighted by molar-refractivity contribution is 5.29. The molecule has 0 unspecified atom stereocenters. The average molecular weight is 233 g/mol. The Labute approximate surface area is 104 Å². The van der Waals surface area contributed by atoms with E-state index in [1.54, 1.807) is 7.11 Å². The van der Waals surface area contributed by atoms with Crippen LogP contribution in [0.4, 0.5) is 0 Å². The fourth-order valence-corrected chi connectivity index (χ4v) is 2.11. The molecule has 0 amide bonds.